The number of aryl methyl sites for hydroxylation is 1. The Morgan fingerprint density at radius 1 is 1.16 bits per heavy atom. The Balaban J connectivity index is 1.78. The topological polar surface area (TPSA) is 32.3 Å². The van der Waals surface area contributed by atoms with Crippen molar-refractivity contribution < 1.29 is 5.11 Å². The minimum Gasteiger partial charge on any atom is -0.389 e. The lowest BCUT2D eigenvalue weighted by molar-refractivity contribution is 0.0399. The fourth-order valence-electron chi connectivity index (χ4n) is 2.80. The van der Waals surface area contributed by atoms with Gasteiger partial charge in [0.1, 0.15) is 0 Å². The second-order valence-corrected chi connectivity index (χ2v) is 6.65. The van der Waals surface area contributed by atoms with Crippen molar-refractivity contribution in [3.63, 3.8) is 0 Å². The molecule has 2 N–H and O–H groups in total. The average molecular weight is 261 g/mol. The summed E-state index contributed by atoms with van der Waals surface area (Å²) in [6, 6.07) is 10.6. The monoisotopic (exact) mass is 261 g/mol. The molecule has 2 nitrogen and oxygen atoms in total. The molecule has 0 aromatic heterocycles. The minimum atomic E-state index is -0.454. The molecule has 0 saturated heterocycles. The maximum absolute atomic E-state index is 10.4. The maximum atomic E-state index is 10.4. The Hall–Kier alpha value is -0.860. The molecule has 19 heavy (non-hydrogen) atoms. The summed E-state index contributed by atoms with van der Waals surface area (Å²) < 4.78 is 0. The Morgan fingerprint density at radius 2 is 1.79 bits per heavy atom. The molecule has 0 heterocycles. The van der Waals surface area contributed by atoms with Gasteiger partial charge in [-0.25, -0.2) is 0 Å². The van der Waals surface area contributed by atoms with Crippen molar-refractivity contribution in [1.29, 1.82) is 0 Å². The van der Waals surface area contributed by atoms with E-state index >= 15 is 0 Å². The second kappa shape index (κ2) is 6.06. The number of benzene rings is 1. The summed E-state index contributed by atoms with van der Waals surface area (Å²) in [5, 5.41) is 13.9. The summed E-state index contributed by atoms with van der Waals surface area (Å²) in [4.78, 5) is 0. The molecule has 0 spiro atoms. The molecule has 1 aromatic rings. The van der Waals surface area contributed by atoms with Crippen LogP contribution in [0.4, 0.5) is 0 Å². The molecule has 1 aliphatic carbocycles. The van der Waals surface area contributed by atoms with E-state index in [-0.39, 0.29) is 5.54 Å². The summed E-state index contributed by atoms with van der Waals surface area (Å²) in [6.07, 6.45) is 6.42. The predicted octanol–water partition coefficient (Wildman–Crippen LogP) is 3.29. The van der Waals surface area contributed by atoms with Crippen molar-refractivity contribution in [3.05, 3.63) is 35.9 Å². The van der Waals surface area contributed by atoms with Crippen molar-refractivity contribution in [2.45, 2.75) is 63.5 Å². The summed E-state index contributed by atoms with van der Waals surface area (Å²) in [6.45, 7) is 5.19. The van der Waals surface area contributed by atoms with Crippen LogP contribution >= 0.6 is 0 Å². The van der Waals surface area contributed by atoms with Crippen LogP contribution in [0.25, 0.3) is 0 Å². The fourth-order valence-corrected chi connectivity index (χ4v) is 2.80. The Labute approximate surface area is 117 Å². The van der Waals surface area contributed by atoms with Crippen LogP contribution in [0.5, 0.6) is 0 Å². The molecule has 0 bridgehead atoms. The lowest BCUT2D eigenvalue weighted by Crippen LogP contribution is -2.48. The third kappa shape index (κ3) is 4.63. The molecule has 2 heteroatoms. The average Bonchev–Trinajstić information content (AvgIpc) is 2.84. The minimum absolute atomic E-state index is 0.0775. The van der Waals surface area contributed by atoms with Crippen molar-refractivity contribution in [2.24, 2.45) is 0 Å². The van der Waals surface area contributed by atoms with Crippen LogP contribution in [-0.4, -0.2) is 22.8 Å². The van der Waals surface area contributed by atoms with E-state index in [1.165, 1.54) is 18.4 Å². The molecular formula is C17H27NO. The van der Waals surface area contributed by atoms with E-state index in [1.807, 2.05) is 0 Å². The maximum Gasteiger partial charge on any atom is 0.0771 e. The van der Waals surface area contributed by atoms with Gasteiger partial charge >= 0.3 is 0 Å². The zero-order valence-corrected chi connectivity index (χ0v) is 12.3. The molecule has 0 atom stereocenters. The van der Waals surface area contributed by atoms with Crippen LogP contribution in [0.3, 0.4) is 0 Å². The third-order valence-corrected chi connectivity index (χ3v) is 4.31. The highest BCUT2D eigenvalue weighted by molar-refractivity contribution is 5.15. The molecular weight excluding hydrogens is 234 g/mol. The summed E-state index contributed by atoms with van der Waals surface area (Å²) >= 11 is 0. The standard InChI is InChI=1S/C17H27NO/c1-16(2,13-10-15-8-4-3-5-9-15)18-14-17(19)11-6-7-12-17/h3-5,8-9,18-19H,6-7,10-14H2,1-2H3. The number of hydrogen-bond donors (Lipinski definition) is 2. The first-order valence-electron chi connectivity index (χ1n) is 7.51. The molecule has 1 aromatic carbocycles. The van der Waals surface area contributed by atoms with Gasteiger partial charge in [-0.3, -0.25) is 0 Å². The molecule has 1 saturated carbocycles. The largest absolute Gasteiger partial charge is 0.389 e. The summed E-state index contributed by atoms with van der Waals surface area (Å²) in [5.41, 5.74) is 1.01. The zero-order chi connectivity index (χ0) is 13.8. The molecule has 106 valence electrons. The van der Waals surface area contributed by atoms with E-state index in [9.17, 15) is 5.11 Å². The van der Waals surface area contributed by atoms with Crippen LogP contribution in [0.1, 0.15) is 51.5 Å². The van der Waals surface area contributed by atoms with Gasteiger partial charge in [0, 0.05) is 12.1 Å². The van der Waals surface area contributed by atoms with Gasteiger partial charge in [0.15, 0.2) is 0 Å². The van der Waals surface area contributed by atoms with Gasteiger partial charge in [0.2, 0.25) is 0 Å². The first-order chi connectivity index (χ1) is 8.99. The molecule has 2 rings (SSSR count). The summed E-state index contributed by atoms with van der Waals surface area (Å²) in [7, 11) is 0. The van der Waals surface area contributed by atoms with E-state index in [4.69, 9.17) is 0 Å². The van der Waals surface area contributed by atoms with Crippen LogP contribution in [-0.2, 0) is 6.42 Å². The van der Waals surface area contributed by atoms with Crippen molar-refractivity contribution in [2.75, 3.05) is 6.54 Å². The van der Waals surface area contributed by atoms with Crippen LogP contribution < -0.4 is 5.32 Å². The fraction of sp³-hybridized carbons (Fsp3) is 0.647. The van der Waals surface area contributed by atoms with E-state index in [0.29, 0.717) is 0 Å². The zero-order valence-electron chi connectivity index (χ0n) is 12.3. The number of rotatable bonds is 6. The Bertz CT molecular complexity index is 380. The van der Waals surface area contributed by atoms with Crippen LogP contribution in [0, 0.1) is 0 Å². The van der Waals surface area contributed by atoms with E-state index in [0.717, 1.165) is 32.2 Å². The Kier molecular flexibility index (Phi) is 4.64. The first kappa shape index (κ1) is 14.5. The summed E-state index contributed by atoms with van der Waals surface area (Å²) in [5.74, 6) is 0. The van der Waals surface area contributed by atoms with Gasteiger partial charge < -0.3 is 10.4 Å². The molecule has 0 radical (unpaired) electrons. The van der Waals surface area contributed by atoms with Gasteiger partial charge in [-0.2, -0.15) is 0 Å². The van der Waals surface area contributed by atoms with Crippen molar-refractivity contribution in [1.82, 2.24) is 5.32 Å². The Morgan fingerprint density at radius 3 is 2.42 bits per heavy atom. The van der Waals surface area contributed by atoms with Gasteiger partial charge in [-0.15, -0.1) is 0 Å². The van der Waals surface area contributed by atoms with E-state index in [1.54, 1.807) is 0 Å². The lowest BCUT2D eigenvalue weighted by atomic mass is 9.93. The molecule has 0 aliphatic heterocycles. The second-order valence-electron chi connectivity index (χ2n) is 6.65. The highest BCUT2D eigenvalue weighted by Gasteiger charge is 2.32. The molecule has 0 unspecified atom stereocenters. The van der Waals surface area contributed by atoms with Gasteiger partial charge in [0.25, 0.3) is 0 Å². The third-order valence-electron chi connectivity index (χ3n) is 4.31. The normalized spacial score (nSPS) is 18.7. The number of nitrogens with one attached hydrogen (secondary N) is 1. The number of aliphatic hydroxyl groups is 1. The van der Waals surface area contributed by atoms with E-state index < -0.39 is 5.60 Å². The number of hydrogen-bond acceptors (Lipinski definition) is 2. The predicted molar refractivity (Wildman–Crippen MR) is 80.3 cm³/mol. The first-order valence-corrected chi connectivity index (χ1v) is 7.51. The van der Waals surface area contributed by atoms with Crippen molar-refractivity contribution >= 4 is 0 Å². The molecule has 1 fully saturated rings. The SMILES string of the molecule is CC(C)(CCc1ccccc1)NCC1(O)CCCC1. The molecule has 1 aliphatic rings. The van der Waals surface area contributed by atoms with E-state index in [2.05, 4.69) is 49.5 Å². The lowest BCUT2D eigenvalue weighted by Gasteiger charge is -2.32. The highest BCUT2D eigenvalue weighted by Crippen LogP contribution is 2.29. The van der Waals surface area contributed by atoms with Crippen LogP contribution in [0.2, 0.25) is 0 Å². The van der Waals surface area contributed by atoms with Crippen LogP contribution in [0.15, 0.2) is 30.3 Å². The highest BCUT2D eigenvalue weighted by atomic mass is 16.3. The smallest absolute Gasteiger partial charge is 0.0771 e. The van der Waals surface area contributed by atoms with Gasteiger partial charge in [-0.1, -0.05) is 43.2 Å². The van der Waals surface area contributed by atoms with Crippen molar-refractivity contribution in [3.8, 4) is 0 Å². The molecule has 0 amide bonds. The van der Waals surface area contributed by atoms with Gasteiger partial charge in [-0.05, 0) is 45.1 Å². The number of β-amino-alcohol motifs (C(OH)–C–C–N with tert-alkyl or cyclic N) is 1. The van der Waals surface area contributed by atoms with Gasteiger partial charge in [0.05, 0.1) is 5.60 Å². The quantitative estimate of drug-likeness (QED) is 0.823.